The van der Waals surface area contributed by atoms with Gasteiger partial charge in [0.05, 0.1) is 22.3 Å². The first-order valence-electron chi connectivity index (χ1n) is 10.3. The van der Waals surface area contributed by atoms with Crippen molar-refractivity contribution in [2.75, 3.05) is 13.1 Å². The highest BCUT2D eigenvalue weighted by Gasteiger charge is 2.24. The molecule has 4 rings (SSSR count). The first kappa shape index (κ1) is 18.7. The van der Waals surface area contributed by atoms with E-state index in [1.807, 2.05) is 22.6 Å². The maximum Gasteiger partial charge on any atom is 0.254 e. The van der Waals surface area contributed by atoms with Crippen LogP contribution >= 0.6 is 0 Å². The third-order valence-corrected chi connectivity index (χ3v) is 5.65. The van der Waals surface area contributed by atoms with Gasteiger partial charge in [-0.3, -0.25) is 4.79 Å². The van der Waals surface area contributed by atoms with E-state index < -0.39 is 0 Å². The lowest BCUT2D eigenvalue weighted by Gasteiger charge is -2.21. The van der Waals surface area contributed by atoms with Gasteiger partial charge in [-0.05, 0) is 39.7 Å². The molecule has 28 heavy (non-hydrogen) atoms. The predicted octanol–water partition coefficient (Wildman–Crippen LogP) is 4.75. The third kappa shape index (κ3) is 3.41. The van der Waals surface area contributed by atoms with E-state index in [4.69, 9.17) is 4.98 Å². The third-order valence-electron chi connectivity index (χ3n) is 5.65. The fraction of sp³-hybridized carbons (Fsp3) is 0.435. The van der Waals surface area contributed by atoms with E-state index in [2.05, 4.69) is 43.2 Å². The molecule has 146 valence electrons. The molecule has 1 fully saturated rings. The summed E-state index contributed by atoms with van der Waals surface area (Å²) in [6, 6.07) is 10.3. The summed E-state index contributed by atoms with van der Waals surface area (Å²) < 4.78 is 1.90. The highest BCUT2D eigenvalue weighted by atomic mass is 16.2. The molecule has 2 aromatic heterocycles. The van der Waals surface area contributed by atoms with Crippen LogP contribution in [0.4, 0.5) is 0 Å². The molecule has 0 unspecified atom stereocenters. The van der Waals surface area contributed by atoms with E-state index >= 15 is 0 Å². The van der Waals surface area contributed by atoms with Crippen molar-refractivity contribution in [2.24, 2.45) is 0 Å². The van der Waals surface area contributed by atoms with Gasteiger partial charge < -0.3 is 4.90 Å². The first-order valence-corrected chi connectivity index (χ1v) is 10.3. The number of carbonyl (C=O) groups is 1. The lowest BCUT2D eigenvalue weighted by atomic mass is 10.0. The molecule has 3 aromatic rings. The van der Waals surface area contributed by atoms with Gasteiger partial charge in [-0.1, -0.05) is 42.7 Å². The van der Waals surface area contributed by atoms with Crippen molar-refractivity contribution in [3.05, 3.63) is 47.2 Å². The number of nitrogens with zero attached hydrogens (tertiary/aromatic N) is 4. The zero-order valence-electron chi connectivity index (χ0n) is 17.0. The summed E-state index contributed by atoms with van der Waals surface area (Å²) in [5.74, 6) is 0.112. The van der Waals surface area contributed by atoms with Crippen LogP contribution < -0.4 is 0 Å². The smallest absolute Gasteiger partial charge is 0.254 e. The van der Waals surface area contributed by atoms with Crippen molar-refractivity contribution in [2.45, 2.75) is 53.0 Å². The molecule has 0 saturated carbocycles. The molecule has 0 aliphatic carbocycles. The molecular weight excluding hydrogens is 348 g/mol. The van der Waals surface area contributed by atoms with Crippen LogP contribution in [0.5, 0.6) is 0 Å². The van der Waals surface area contributed by atoms with Crippen molar-refractivity contribution in [3.63, 3.8) is 0 Å². The average molecular weight is 377 g/mol. The fourth-order valence-electron chi connectivity index (χ4n) is 4.06. The Balaban J connectivity index is 1.88. The molecule has 1 saturated heterocycles. The number of pyridine rings is 1. The van der Waals surface area contributed by atoms with Crippen LogP contribution in [0.1, 0.15) is 54.2 Å². The predicted molar refractivity (Wildman–Crippen MR) is 112 cm³/mol. The van der Waals surface area contributed by atoms with Crippen LogP contribution in [-0.4, -0.2) is 38.7 Å². The van der Waals surface area contributed by atoms with Crippen molar-refractivity contribution in [1.29, 1.82) is 0 Å². The summed E-state index contributed by atoms with van der Waals surface area (Å²) in [5, 5.41) is 5.54. The monoisotopic (exact) mass is 376 g/mol. The summed E-state index contributed by atoms with van der Waals surface area (Å²) >= 11 is 0. The highest BCUT2D eigenvalue weighted by molar-refractivity contribution is 6.07. The van der Waals surface area contributed by atoms with Gasteiger partial charge in [0.2, 0.25) is 0 Å². The maximum absolute atomic E-state index is 13.5. The van der Waals surface area contributed by atoms with Gasteiger partial charge in [0.15, 0.2) is 5.65 Å². The van der Waals surface area contributed by atoms with Crippen LogP contribution in [0.15, 0.2) is 30.3 Å². The zero-order valence-corrected chi connectivity index (χ0v) is 17.0. The number of carbonyl (C=O) groups excluding carboxylic acids is 1. The van der Waals surface area contributed by atoms with Gasteiger partial charge >= 0.3 is 0 Å². The number of amides is 1. The Morgan fingerprint density at radius 2 is 1.71 bits per heavy atom. The largest absolute Gasteiger partial charge is 0.339 e. The molecule has 0 spiro atoms. The second-order valence-corrected chi connectivity index (χ2v) is 7.73. The van der Waals surface area contributed by atoms with Gasteiger partial charge in [0, 0.05) is 25.2 Å². The zero-order chi connectivity index (χ0) is 19.7. The highest BCUT2D eigenvalue weighted by Crippen LogP contribution is 2.29. The minimum Gasteiger partial charge on any atom is -0.339 e. The summed E-state index contributed by atoms with van der Waals surface area (Å²) in [6.45, 7) is 8.51. The van der Waals surface area contributed by atoms with Gasteiger partial charge in [-0.2, -0.15) is 5.10 Å². The lowest BCUT2D eigenvalue weighted by Crippen LogP contribution is -2.32. The fourth-order valence-corrected chi connectivity index (χ4v) is 4.06. The number of aryl methyl sites for hydroxylation is 3. The number of benzene rings is 1. The van der Waals surface area contributed by atoms with Crippen molar-refractivity contribution < 1.29 is 4.79 Å². The molecule has 5 heteroatoms. The molecule has 5 nitrogen and oxygen atoms in total. The van der Waals surface area contributed by atoms with E-state index in [0.717, 1.165) is 66.0 Å². The molecule has 1 amide bonds. The Bertz CT molecular complexity index is 996. The van der Waals surface area contributed by atoms with Crippen molar-refractivity contribution in [1.82, 2.24) is 19.7 Å². The Hall–Kier alpha value is -2.69. The normalized spacial score (nSPS) is 15.0. The van der Waals surface area contributed by atoms with Crippen LogP contribution in [0.25, 0.3) is 22.3 Å². The Kier molecular flexibility index (Phi) is 5.16. The molecule has 1 aliphatic heterocycles. The average Bonchev–Trinajstić information content (AvgIpc) is 2.88. The van der Waals surface area contributed by atoms with Crippen LogP contribution in [0, 0.1) is 13.8 Å². The molecule has 1 aromatic carbocycles. The van der Waals surface area contributed by atoms with Gasteiger partial charge in [-0.25, -0.2) is 9.67 Å². The summed E-state index contributed by atoms with van der Waals surface area (Å²) in [4.78, 5) is 20.4. The quantitative estimate of drug-likeness (QED) is 0.663. The van der Waals surface area contributed by atoms with Crippen LogP contribution in [-0.2, 0) is 6.54 Å². The second-order valence-electron chi connectivity index (χ2n) is 7.73. The lowest BCUT2D eigenvalue weighted by molar-refractivity contribution is 0.0763. The van der Waals surface area contributed by atoms with Gasteiger partial charge in [-0.15, -0.1) is 0 Å². The topological polar surface area (TPSA) is 51.0 Å². The number of likely N-dealkylation sites (tertiary alicyclic amines) is 1. The molecule has 3 heterocycles. The summed E-state index contributed by atoms with van der Waals surface area (Å²) in [5.41, 5.74) is 5.48. The first-order chi connectivity index (χ1) is 13.6. The molecule has 0 bridgehead atoms. The molecule has 0 atom stereocenters. The van der Waals surface area contributed by atoms with Gasteiger partial charge in [0.1, 0.15) is 0 Å². The SMILES string of the molecule is CCn1nc(C)c2c(C(=O)N3CCCCCC3)cc(-c3ccc(C)cc3)nc21. The number of rotatable bonds is 3. The standard InChI is InChI=1S/C23H28N4O/c1-4-27-22-21(17(3)25-27)19(23(28)26-13-7-5-6-8-14-26)15-20(24-22)18-11-9-16(2)10-12-18/h9-12,15H,4-8,13-14H2,1-3H3. The van der Waals surface area contributed by atoms with Gasteiger partial charge in [0.25, 0.3) is 5.91 Å². The molecular formula is C23H28N4O. The van der Waals surface area contributed by atoms with Crippen molar-refractivity contribution in [3.8, 4) is 11.3 Å². The number of hydrogen-bond acceptors (Lipinski definition) is 3. The van der Waals surface area contributed by atoms with E-state index in [0.29, 0.717) is 0 Å². The van der Waals surface area contributed by atoms with Crippen molar-refractivity contribution >= 4 is 16.9 Å². The number of hydrogen-bond donors (Lipinski definition) is 0. The molecule has 0 radical (unpaired) electrons. The minimum absolute atomic E-state index is 0.112. The van der Waals surface area contributed by atoms with E-state index in [1.54, 1.807) is 0 Å². The Labute approximate surface area is 166 Å². The number of aromatic nitrogens is 3. The summed E-state index contributed by atoms with van der Waals surface area (Å²) in [6.07, 6.45) is 4.57. The molecule has 1 aliphatic rings. The van der Waals surface area contributed by atoms with E-state index in [9.17, 15) is 4.79 Å². The van der Waals surface area contributed by atoms with Crippen LogP contribution in [0.3, 0.4) is 0 Å². The van der Waals surface area contributed by atoms with E-state index in [1.165, 1.54) is 18.4 Å². The second kappa shape index (κ2) is 7.74. The minimum atomic E-state index is 0.112. The number of fused-ring (bicyclic) bond motifs is 1. The van der Waals surface area contributed by atoms with E-state index in [-0.39, 0.29) is 5.91 Å². The Morgan fingerprint density at radius 3 is 2.36 bits per heavy atom. The maximum atomic E-state index is 13.5. The molecule has 0 N–H and O–H groups in total. The van der Waals surface area contributed by atoms with Crippen LogP contribution in [0.2, 0.25) is 0 Å². The summed E-state index contributed by atoms with van der Waals surface area (Å²) in [7, 11) is 0. The Morgan fingerprint density at radius 1 is 1.04 bits per heavy atom.